The third-order valence-corrected chi connectivity index (χ3v) is 3.96. The molecule has 0 saturated carbocycles. The largest absolute Gasteiger partial charge is 0.385 e. The molecule has 0 bridgehead atoms. The summed E-state index contributed by atoms with van der Waals surface area (Å²) in [6.45, 7) is 4.02. The van der Waals surface area contributed by atoms with Crippen LogP contribution in [0.15, 0.2) is 41.8 Å². The van der Waals surface area contributed by atoms with E-state index in [-0.39, 0.29) is 0 Å². The number of hydrogen-bond acceptors (Lipinski definition) is 2. The second kappa shape index (κ2) is 5.03. The summed E-state index contributed by atoms with van der Waals surface area (Å²) in [7, 11) is 0. The second-order valence-corrected chi connectivity index (χ2v) is 5.61. The van der Waals surface area contributed by atoms with Crippen LogP contribution in [0.25, 0.3) is 0 Å². The maximum absolute atomic E-state index is 10.5. The molecule has 17 heavy (non-hydrogen) atoms. The smallest absolute Gasteiger partial charge is 0.0916 e. The van der Waals surface area contributed by atoms with Crippen molar-refractivity contribution in [2.24, 2.45) is 0 Å². The van der Waals surface area contributed by atoms with Gasteiger partial charge in [-0.2, -0.15) is 0 Å². The molecule has 1 heterocycles. The predicted molar refractivity (Wildman–Crippen MR) is 73.4 cm³/mol. The number of thiophene rings is 1. The molecule has 2 rings (SSSR count). The van der Waals surface area contributed by atoms with Crippen molar-refractivity contribution in [2.75, 3.05) is 0 Å². The molecule has 0 radical (unpaired) electrons. The molecule has 2 aromatic rings. The van der Waals surface area contributed by atoms with Gasteiger partial charge in [-0.3, -0.25) is 0 Å². The lowest BCUT2D eigenvalue weighted by Gasteiger charge is -2.23. The number of benzene rings is 1. The van der Waals surface area contributed by atoms with Crippen LogP contribution in [0.5, 0.6) is 0 Å². The maximum atomic E-state index is 10.5. The average molecular weight is 246 g/mol. The molecular formula is C15H18OS. The molecule has 0 aliphatic heterocycles. The molecule has 90 valence electrons. The van der Waals surface area contributed by atoms with Crippen molar-refractivity contribution >= 4 is 11.3 Å². The number of aliphatic hydroxyl groups is 1. The molecule has 1 nitrogen and oxygen atoms in total. The van der Waals surface area contributed by atoms with Gasteiger partial charge in [0, 0.05) is 11.3 Å². The van der Waals surface area contributed by atoms with E-state index in [2.05, 4.69) is 25.1 Å². The second-order valence-electron chi connectivity index (χ2n) is 4.58. The molecule has 1 aromatic carbocycles. The summed E-state index contributed by atoms with van der Waals surface area (Å²) in [5.74, 6) is 0. The third kappa shape index (κ3) is 2.96. The van der Waals surface area contributed by atoms with Crippen molar-refractivity contribution in [3.63, 3.8) is 0 Å². The predicted octanol–water partition coefficient (Wildman–Crippen LogP) is 3.76. The fourth-order valence-electron chi connectivity index (χ4n) is 1.95. The molecule has 1 unspecified atom stereocenters. The van der Waals surface area contributed by atoms with Gasteiger partial charge in [0.15, 0.2) is 0 Å². The van der Waals surface area contributed by atoms with Crippen molar-refractivity contribution in [2.45, 2.75) is 32.3 Å². The monoisotopic (exact) mass is 246 g/mol. The van der Waals surface area contributed by atoms with Crippen LogP contribution < -0.4 is 0 Å². The zero-order valence-electron chi connectivity index (χ0n) is 10.3. The Bertz CT molecular complexity index is 454. The van der Waals surface area contributed by atoms with Crippen LogP contribution in [0.3, 0.4) is 0 Å². The maximum Gasteiger partial charge on any atom is 0.0916 e. The lowest BCUT2D eigenvalue weighted by atomic mass is 9.91. The first-order valence-corrected chi connectivity index (χ1v) is 6.84. The summed E-state index contributed by atoms with van der Waals surface area (Å²) in [5.41, 5.74) is 1.51. The highest BCUT2D eigenvalue weighted by Crippen LogP contribution is 2.27. The van der Waals surface area contributed by atoms with Gasteiger partial charge in [0.25, 0.3) is 0 Å². The number of aryl methyl sites for hydroxylation is 1. The first-order valence-electron chi connectivity index (χ1n) is 5.96. The molecule has 0 fully saturated rings. The Morgan fingerprint density at radius 2 is 1.88 bits per heavy atom. The van der Waals surface area contributed by atoms with Crippen molar-refractivity contribution < 1.29 is 5.11 Å². The Labute approximate surface area is 107 Å². The van der Waals surface area contributed by atoms with Crippen molar-refractivity contribution in [1.82, 2.24) is 0 Å². The molecule has 0 spiro atoms. The summed E-state index contributed by atoms with van der Waals surface area (Å²) in [5, 5.41) is 12.6. The minimum absolute atomic E-state index is 0.677. The Kier molecular flexibility index (Phi) is 3.65. The molecule has 0 saturated heterocycles. The minimum Gasteiger partial charge on any atom is -0.385 e. The third-order valence-electron chi connectivity index (χ3n) is 3.08. The van der Waals surface area contributed by atoms with E-state index >= 15 is 0 Å². The summed E-state index contributed by atoms with van der Waals surface area (Å²) >= 11 is 1.69. The zero-order chi connectivity index (χ0) is 12.3. The fourth-order valence-corrected chi connectivity index (χ4v) is 2.81. The van der Waals surface area contributed by atoms with Crippen LogP contribution in [0, 0.1) is 0 Å². The van der Waals surface area contributed by atoms with Gasteiger partial charge < -0.3 is 5.11 Å². The molecule has 0 amide bonds. The summed E-state index contributed by atoms with van der Waals surface area (Å²) in [6.07, 6.45) is 1.71. The van der Waals surface area contributed by atoms with E-state index in [4.69, 9.17) is 0 Å². The van der Waals surface area contributed by atoms with E-state index in [0.29, 0.717) is 6.42 Å². The van der Waals surface area contributed by atoms with Gasteiger partial charge in [0.1, 0.15) is 0 Å². The van der Waals surface area contributed by atoms with E-state index in [0.717, 1.165) is 12.0 Å². The molecular weight excluding hydrogens is 228 g/mol. The van der Waals surface area contributed by atoms with Gasteiger partial charge in [0.05, 0.1) is 5.60 Å². The normalized spacial score (nSPS) is 14.5. The van der Waals surface area contributed by atoms with Gasteiger partial charge in [0.2, 0.25) is 0 Å². The summed E-state index contributed by atoms with van der Waals surface area (Å²) in [4.78, 5) is 1.22. The van der Waals surface area contributed by atoms with Crippen LogP contribution in [0.4, 0.5) is 0 Å². The molecule has 1 atom stereocenters. The van der Waals surface area contributed by atoms with E-state index in [9.17, 15) is 5.11 Å². The minimum atomic E-state index is -0.781. The first kappa shape index (κ1) is 12.3. The van der Waals surface area contributed by atoms with Gasteiger partial charge in [-0.25, -0.2) is 0 Å². The van der Waals surface area contributed by atoms with E-state index in [1.165, 1.54) is 10.4 Å². The van der Waals surface area contributed by atoms with Crippen LogP contribution in [0.2, 0.25) is 0 Å². The van der Waals surface area contributed by atoms with E-state index in [1.54, 1.807) is 11.3 Å². The molecule has 0 aliphatic carbocycles. The van der Waals surface area contributed by atoms with E-state index < -0.39 is 5.60 Å². The van der Waals surface area contributed by atoms with Crippen molar-refractivity contribution in [3.05, 3.63) is 57.8 Å². The van der Waals surface area contributed by atoms with Crippen LogP contribution in [0.1, 0.15) is 29.9 Å². The average Bonchev–Trinajstić information content (AvgIpc) is 2.81. The van der Waals surface area contributed by atoms with Gasteiger partial charge in [-0.05, 0) is 35.9 Å². The lowest BCUT2D eigenvalue weighted by molar-refractivity contribution is 0.0585. The van der Waals surface area contributed by atoms with E-state index in [1.807, 2.05) is 30.5 Å². The van der Waals surface area contributed by atoms with Crippen LogP contribution >= 0.6 is 11.3 Å². The Balaban J connectivity index is 2.18. The van der Waals surface area contributed by atoms with Crippen molar-refractivity contribution in [1.29, 1.82) is 0 Å². The molecule has 0 aliphatic rings. The van der Waals surface area contributed by atoms with Gasteiger partial charge in [-0.15, -0.1) is 11.3 Å². The number of rotatable bonds is 4. The quantitative estimate of drug-likeness (QED) is 0.871. The topological polar surface area (TPSA) is 20.2 Å². The standard InChI is InChI=1S/C15H18OS/c1-3-12-6-8-13(9-7-12)15(2,16)11-14-5-4-10-17-14/h4-10,16H,3,11H2,1-2H3. The highest BCUT2D eigenvalue weighted by atomic mass is 32.1. The van der Waals surface area contributed by atoms with Crippen molar-refractivity contribution in [3.8, 4) is 0 Å². The van der Waals surface area contributed by atoms with Gasteiger partial charge in [-0.1, -0.05) is 37.3 Å². The highest BCUT2D eigenvalue weighted by Gasteiger charge is 2.23. The Morgan fingerprint density at radius 1 is 1.18 bits per heavy atom. The number of hydrogen-bond donors (Lipinski definition) is 1. The summed E-state index contributed by atoms with van der Waals surface area (Å²) in [6, 6.07) is 12.4. The van der Waals surface area contributed by atoms with Crippen LogP contribution in [-0.4, -0.2) is 5.11 Å². The highest BCUT2D eigenvalue weighted by molar-refractivity contribution is 7.09. The van der Waals surface area contributed by atoms with Crippen LogP contribution in [-0.2, 0) is 18.4 Å². The molecule has 2 heteroatoms. The lowest BCUT2D eigenvalue weighted by Crippen LogP contribution is -2.23. The van der Waals surface area contributed by atoms with Gasteiger partial charge >= 0.3 is 0 Å². The SMILES string of the molecule is CCc1ccc(C(C)(O)Cc2cccs2)cc1. The molecule has 1 N–H and O–H groups in total. The first-order chi connectivity index (χ1) is 8.12. The Hall–Kier alpha value is -1.12. The fraction of sp³-hybridized carbons (Fsp3) is 0.333. The molecule has 1 aromatic heterocycles. The zero-order valence-corrected chi connectivity index (χ0v) is 11.1. The summed E-state index contributed by atoms with van der Waals surface area (Å²) < 4.78 is 0. The Morgan fingerprint density at radius 3 is 2.41 bits per heavy atom.